The van der Waals surface area contributed by atoms with Crippen molar-refractivity contribution >= 4 is 11.8 Å². The average molecular weight is 324 g/mol. The number of ether oxygens (including phenoxy) is 2. The molecule has 1 aliphatic carbocycles. The maximum absolute atomic E-state index is 12.5. The largest absolute Gasteiger partial charge is 0.379 e. The van der Waals surface area contributed by atoms with Gasteiger partial charge in [0.1, 0.15) is 6.10 Å². The molecule has 3 rings (SSSR count). The summed E-state index contributed by atoms with van der Waals surface area (Å²) < 4.78 is 11.1. The van der Waals surface area contributed by atoms with Gasteiger partial charge in [-0.1, -0.05) is 19.3 Å². The van der Waals surface area contributed by atoms with Gasteiger partial charge in [-0.15, -0.1) is 0 Å². The van der Waals surface area contributed by atoms with E-state index in [-0.39, 0.29) is 29.9 Å². The topological polar surface area (TPSA) is 67.9 Å². The Hall–Kier alpha value is -1.14. The normalized spacial score (nSPS) is 29.0. The first-order valence-corrected chi connectivity index (χ1v) is 9.02. The van der Waals surface area contributed by atoms with E-state index in [1.165, 1.54) is 6.42 Å². The van der Waals surface area contributed by atoms with Gasteiger partial charge in [0, 0.05) is 32.0 Å². The molecule has 0 unspecified atom stereocenters. The van der Waals surface area contributed by atoms with Gasteiger partial charge in [-0.3, -0.25) is 9.59 Å². The van der Waals surface area contributed by atoms with Crippen molar-refractivity contribution in [3.05, 3.63) is 0 Å². The van der Waals surface area contributed by atoms with Gasteiger partial charge in [-0.25, -0.2) is 0 Å². The fourth-order valence-corrected chi connectivity index (χ4v) is 3.94. The van der Waals surface area contributed by atoms with Gasteiger partial charge in [0.05, 0.1) is 19.3 Å². The van der Waals surface area contributed by atoms with E-state index < -0.39 is 0 Å². The molecule has 0 bridgehead atoms. The molecule has 3 aliphatic rings. The third kappa shape index (κ3) is 4.23. The fourth-order valence-electron chi connectivity index (χ4n) is 3.94. The standard InChI is InChI=1S/C17H28N2O4/c20-16(6-8-18-17(21)13-4-2-1-3-5-13)19-9-11-23-15-12-22-10-7-14(15)19/h13-15H,1-12H2,(H,18,21)/t14-,15+/m0/s1. The van der Waals surface area contributed by atoms with Crippen LogP contribution in [0.2, 0.25) is 0 Å². The summed E-state index contributed by atoms with van der Waals surface area (Å²) in [4.78, 5) is 26.5. The molecule has 0 aromatic carbocycles. The van der Waals surface area contributed by atoms with Crippen LogP contribution >= 0.6 is 0 Å². The highest BCUT2D eigenvalue weighted by Gasteiger charge is 2.37. The molecular weight excluding hydrogens is 296 g/mol. The van der Waals surface area contributed by atoms with Crippen LogP contribution in [0.1, 0.15) is 44.9 Å². The summed E-state index contributed by atoms with van der Waals surface area (Å²) in [5.74, 6) is 0.402. The van der Waals surface area contributed by atoms with Crippen LogP contribution in [-0.4, -0.2) is 61.8 Å². The molecule has 130 valence electrons. The van der Waals surface area contributed by atoms with Crippen LogP contribution in [0.25, 0.3) is 0 Å². The van der Waals surface area contributed by atoms with E-state index in [0.29, 0.717) is 39.3 Å². The summed E-state index contributed by atoms with van der Waals surface area (Å²) in [6, 6.07) is 0.138. The van der Waals surface area contributed by atoms with Gasteiger partial charge in [-0.05, 0) is 19.3 Å². The van der Waals surface area contributed by atoms with Crippen LogP contribution in [0.15, 0.2) is 0 Å². The molecule has 6 nitrogen and oxygen atoms in total. The number of nitrogens with zero attached hydrogens (tertiary/aromatic N) is 1. The molecule has 2 amide bonds. The zero-order valence-corrected chi connectivity index (χ0v) is 13.8. The minimum atomic E-state index is 0.0123. The number of morpholine rings is 1. The van der Waals surface area contributed by atoms with Gasteiger partial charge in [0.15, 0.2) is 0 Å². The lowest BCUT2D eigenvalue weighted by Gasteiger charge is -2.43. The number of amides is 2. The van der Waals surface area contributed by atoms with Crippen LogP contribution in [0.4, 0.5) is 0 Å². The van der Waals surface area contributed by atoms with Crippen molar-refractivity contribution in [2.75, 3.05) is 32.9 Å². The number of fused-ring (bicyclic) bond motifs is 1. The maximum atomic E-state index is 12.5. The Balaban J connectivity index is 1.42. The van der Waals surface area contributed by atoms with Crippen molar-refractivity contribution in [1.29, 1.82) is 0 Å². The van der Waals surface area contributed by atoms with Gasteiger partial charge in [-0.2, -0.15) is 0 Å². The number of hydrogen-bond acceptors (Lipinski definition) is 4. The SMILES string of the molecule is O=C(NCCC(=O)N1CCO[C@@H]2COCC[C@@H]21)C1CCCCC1. The Labute approximate surface area is 137 Å². The molecule has 0 aromatic rings. The molecule has 23 heavy (non-hydrogen) atoms. The zero-order chi connectivity index (χ0) is 16.1. The molecule has 3 fully saturated rings. The summed E-state index contributed by atoms with van der Waals surface area (Å²) in [5.41, 5.74) is 0. The van der Waals surface area contributed by atoms with Crippen LogP contribution < -0.4 is 5.32 Å². The molecular formula is C17H28N2O4. The first-order chi connectivity index (χ1) is 11.3. The Bertz CT molecular complexity index is 421. The summed E-state index contributed by atoms with van der Waals surface area (Å²) >= 11 is 0. The Kier molecular flexibility index (Phi) is 5.89. The number of carbonyl (C=O) groups excluding carboxylic acids is 2. The Morgan fingerprint density at radius 1 is 1.09 bits per heavy atom. The summed E-state index contributed by atoms with van der Waals surface area (Å²) in [7, 11) is 0. The van der Waals surface area contributed by atoms with E-state index in [4.69, 9.17) is 9.47 Å². The maximum Gasteiger partial charge on any atom is 0.224 e. The lowest BCUT2D eigenvalue weighted by molar-refractivity contribution is -0.161. The first kappa shape index (κ1) is 16.7. The van der Waals surface area contributed by atoms with E-state index in [1.54, 1.807) is 0 Å². The van der Waals surface area contributed by atoms with Crippen LogP contribution in [-0.2, 0) is 19.1 Å². The van der Waals surface area contributed by atoms with Crippen molar-refractivity contribution in [1.82, 2.24) is 10.2 Å². The van der Waals surface area contributed by atoms with Gasteiger partial charge >= 0.3 is 0 Å². The lowest BCUT2D eigenvalue weighted by Crippen LogP contribution is -2.57. The van der Waals surface area contributed by atoms with E-state index >= 15 is 0 Å². The van der Waals surface area contributed by atoms with Crippen molar-refractivity contribution in [2.45, 2.75) is 57.1 Å². The third-order valence-electron chi connectivity index (χ3n) is 5.27. The highest BCUT2D eigenvalue weighted by atomic mass is 16.5. The van der Waals surface area contributed by atoms with Crippen molar-refractivity contribution in [3.63, 3.8) is 0 Å². The Morgan fingerprint density at radius 2 is 1.91 bits per heavy atom. The molecule has 1 saturated carbocycles. The molecule has 2 heterocycles. The zero-order valence-electron chi connectivity index (χ0n) is 13.8. The summed E-state index contributed by atoms with van der Waals surface area (Å²) in [6.45, 7) is 2.93. The number of carbonyl (C=O) groups is 2. The predicted octanol–water partition coefficient (Wildman–Crippen LogP) is 1.09. The highest BCUT2D eigenvalue weighted by molar-refractivity contribution is 5.80. The van der Waals surface area contributed by atoms with Crippen LogP contribution in [0.5, 0.6) is 0 Å². The minimum Gasteiger partial charge on any atom is -0.379 e. The number of nitrogens with one attached hydrogen (secondary N) is 1. The predicted molar refractivity (Wildman–Crippen MR) is 84.9 cm³/mol. The monoisotopic (exact) mass is 324 g/mol. The second-order valence-electron chi connectivity index (χ2n) is 6.80. The van der Waals surface area contributed by atoms with Gasteiger partial charge in [0.25, 0.3) is 0 Å². The van der Waals surface area contributed by atoms with Crippen molar-refractivity contribution in [3.8, 4) is 0 Å². The van der Waals surface area contributed by atoms with Crippen molar-refractivity contribution in [2.24, 2.45) is 5.92 Å². The van der Waals surface area contributed by atoms with E-state index in [9.17, 15) is 9.59 Å². The summed E-state index contributed by atoms with van der Waals surface area (Å²) in [5, 5.41) is 2.95. The summed E-state index contributed by atoms with van der Waals surface area (Å²) in [6.07, 6.45) is 6.75. The second kappa shape index (κ2) is 8.11. The molecule has 0 aromatic heterocycles. The number of rotatable bonds is 4. The average Bonchev–Trinajstić information content (AvgIpc) is 2.61. The van der Waals surface area contributed by atoms with Crippen LogP contribution in [0.3, 0.4) is 0 Å². The quantitative estimate of drug-likeness (QED) is 0.840. The number of hydrogen-bond donors (Lipinski definition) is 1. The lowest BCUT2D eigenvalue weighted by atomic mass is 9.89. The molecule has 0 radical (unpaired) electrons. The minimum absolute atomic E-state index is 0.0123. The smallest absolute Gasteiger partial charge is 0.224 e. The molecule has 2 aliphatic heterocycles. The molecule has 1 N–H and O–H groups in total. The molecule has 0 spiro atoms. The fraction of sp³-hybridized carbons (Fsp3) is 0.882. The van der Waals surface area contributed by atoms with E-state index in [0.717, 1.165) is 32.1 Å². The Morgan fingerprint density at radius 3 is 2.74 bits per heavy atom. The second-order valence-corrected chi connectivity index (χ2v) is 6.80. The van der Waals surface area contributed by atoms with Crippen molar-refractivity contribution < 1.29 is 19.1 Å². The van der Waals surface area contributed by atoms with Crippen LogP contribution in [0, 0.1) is 5.92 Å². The highest BCUT2D eigenvalue weighted by Crippen LogP contribution is 2.24. The molecule has 2 atom stereocenters. The van der Waals surface area contributed by atoms with Gasteiger partial charge in [0.2, 0.25) is 11.8 Å². The molecule has 2 saturated heterocycles. The van der Waals surface area contributed by atoms with Gasteiger partial charge < -0.3 is 19.7 Å². The van der Waals surface area contributed by atoms with E-state index in [2.05, 4.69) is 5.32 Å². The first-order valence-electron chi connectivity index (χ1n) is 9.02. The van der Waals surface area contributed by atoms with E-state index in [1.807, 2.05) is 4.90 Å². The molecule has 6 heteroatoms. The third-order valence-corrected chi connectivity index (χ3v) is 5.27.